The highest BCUT2D eigenvalue weighted by Crippen LogP contribution is 2.07. The second-order valence-corrected chi connectivity index (χ2v) is 3.93. The van der Waals surface area contributed by atoms with Crippen molar-refractivity contribution in [2.24, 2.45) is 5.92 Å². The molecule has 4 nitrogen and oxygen atoms in total. The molecule has 1 atom stereocenters. The third kappa shape index (κ3) is 11.2. The molecule has 9 heteroatoms. The number of carbonyl (C=O) groups is 1. The lowest BCUT2D eigenvalue weighted by Crippen LogP contribution is -2.07. The molecule has 1 aliphatic heterocycles. The lowest BCUT2D eigenvalue weighted by molar-refractivity contribution is -0.119. The van der Waals surface area contributed by atoms with Gasteiger partial charge in [-0.15, -0.1) is 0 Å². The maximum atomic E-state index is 10.5. The quantitative estimate of drug-likeness (QED) is 0.453. The van der Waals surface area contributed by atoms with Gasteiger partial charge in [0.25, 0.3) is 0 Å². The summed E-state index contributed by atoms with van der Waals surface area (Å²) in [5.41, 5.74) is 0.590. The summed E-state index contributed by atoms with van der Waals surface area (Å²) in [4.78, 5) is 13.5. The molecule has 1 N–H and O–H groups in total. The van der Waals surface area contributed by atoms with Crippen LogP contribution in [0.1, 0.15) is 6.92 Å². The fourth-order valence-corrected chi connectivity index (χ4v) is 1.19. The molecule has 20 heavy (non-hydrogen) atoms. The van der Waals surface area contributed by atoms with Gasteiger partial charge in [0.1, 0.15) is 0 Å². The molecule has 2 rings (SSSR count). The molecule has 1 fully saturated rings. The zero-order chi connectivity index (χ0) is 15.6. The van der Waals surface area contributed by atoms with Gasteiger partial charge >= 0.3 is 12.9 Å². The van der Waals surface area contributed by atoms with Gasteiger partial charge in [-0.05, 0) is 0 Å². The third-order valence-electron chi connectivity index (χ3n) is 2.17. The molecule has 0 amide bonds. The van der Waals surface area contributed by atoms with Crippen LogP contribution in [0.15, 0.2) is 30.3 Å². The minimum absolute atomic E-state index is 0.264. The number of Topliss-reactive ketones (excluding diaryl/α,β-unsaturated/α-hetero) is 1. The molecular formula is C11H14BF4N3O. The van der Waals surface area contributed by atoms with Crippen LogP contribution in [0.4, 0.5) is 23.0 Å². The number of nitrogens with zero attached hydrogens (tertiary/aromatic N) is 2. The molecule has 0 aromatic heterocycles. The Balaban J connectivity index is 0.000000280. The highest BCUT2D eigenvalue weighted by molar-refractivity contribution is 6.50. The number of ketones is 1. The summed E-state index contributed by atoms with van der Waals surface area (Å²) in [7, 11) is -6.00. The van der Waals surface area contributed by atoms with Gasteiger partial charge in [-0.1, -0.05) is 25.1 Å². The first-order valence-electron chi connectivity index (χ1n) is 5.75. The fraction of sp³-hybridized carbons (Fsp3) is 0.364. The Kier molecular flexibility index (Phi) is 8.16. The Hall–Kier alpha value is -1.95. The van der Waals surface area contributed by atoms with E-state index in [2.05, 4.69) is 10.3 Å². The number of halogens is 4. The molecule has 1 aliphatic rings. The average molecular weight is 291 g/mol. The van der Waals surface area contributed by atoms with Crippen LogP contribution < -0.4 is 5.32 Å². The predicted octanol–water partition coefficient (Wildman–Crippen LogP) is 3.27. The summed E-state index contributed by atoms with van der Waals surface area (Å²) in [6.07, 6.45) is 0. The Morgan fingerprint density at radius 1 is 1.25 bits per heavy atom. The minimum atomic E-state index is -6.00. The van der Waals surface area contributed by atoms with Crippen molar-refractivity contribution >= 4 is 18.7 Å². The van der Waals surface area contributed by atoms with Crippen LogP contribution in [0, 0.1) is 11.3 Å². The molecule has 0 bridgehead atoms. The van der Waals surface area contributed by atoms with Gasteiger partial charge in [0.15, 0.2) is 10.8 Å². The van der Waals surface area contributed by atoms with Crippen LogP contribution >= 0.6 is 0 Å². The Bertz CT molecular complexity index is 441. The first-order chi connectivity index (χ1) is 9.24. The van der Waals surface area contributed by atoms with E-state index in [9.17, 15) is 22.1 Å². The topological polar surface area (TPSA) is 57.2 Å². The zero-order valence-electron chi connectivity index (χ0n) is 10.8. The van der Waals surface area contributed by atoms with Gasteiger partial charge in [0.05, 0.1) is 6.54 Å². The summed E-state index contributed by atoms with van der Waals surface area (Å²) < 4.78 is 39.0. The number of hydrogen-bond acceptors (Lipinski definition) is 3. The molecule has 0 spiro atoms. The Morgan fingerprint density at radius 3 is 1.95 bits per heavy atom. The monoisotopic (exact) mass is 291 g/mol. The van der Waals surface area contributed by atoms with E-state index in [0.29, 0.717) is 18.0 Å². The van der Waals surface area contributed by atoms with Gasteiger partial charge in [0, 0.05) is 24.6 Å². The van der Waals surface area contributed by atoms with Crippen molar-refractivity contribution in [3.8, 4) is 0 Å². The molecule has 1 heterocycles. The van der Waals surface area contributed by atoms with Crippen molar-refractivity contribution in [3.63, 3.8) is 0 Å². The minimum Gasteiger partial charge on any atom is -0.418 e. The summed E-state index contributed by atoms with van der Waals surface area (Å²) in [6, 6.07) is 8.94. The van der Waals surface area contributed by atoms with E-state index in [4.69, 9.17) is 5.39 Å². The van der Waals surface area contributed by atoms with Crippen molar-refractivity contribution < 1.29 is 22.1 Å². The first kappa shape index (κ1) is 18.1. The molecule has 1 aromatic carbocycles. The summed E-state index contributed by atoms with van der Waals surface area (Å²) in [5.74, 6) is 0.611. The van der Waals surface area contributed by atoms with Crippen LogP contribution in [0.3, 0.4) is 0 Å². The summed E-state index contributed by atoms with van der Waals surface area (Å²) in [6.45, 7) is 3.41. The number of hydrogen-bond donors (Lipinski definition) is 1. The van der Waals surface area contributed by atoms with E-state index in [-0.39, 0.29) is 5.92 Å². The molecule has 0 radical (unpaired) electrons. The van der Waals surface area contributed by atoms with Crippen molar-refractivity contribution in [2.75, 3.05) is 13.1 Å². The van der Waals surface area contributed by atoms with Gasteiger partial charge in [-0.25, -0.2) is 0 Å². The number of benzene rings is 1. The van der Waals surface area contributed by atoms with E-state index >= 15 is 0 Å². The van der Waals surface area contributed by atoms with Gasteiger partial charge < -0.3 is 22.6 Å². The van der Waals surface area contributed by atoms with Crippen LogP contribution in [0.25, 0.3) is 4.98 Å². The second kappa shape index (κ2) is 9.04. The molecule has 0 saturated carbocycles. The van der Waals surface area contributed by atoms with Crippen molar-refractivity contribution in [2.45, 2.75) is 6.92 Å². The fourth-order valence-electron chi connectivity index (χ4n) is 1.19. The lowest BCUT2D eigenvalue weighted by atomic mass is 10.1. The Labute approximate surface area is 113 Å². The smallest absolute Gasteiger partial charge is 0.418 e. The van der Waals surface area contributed by atoms with Crippen LogP contribution in [0.2, 0.25) is 0 Å². The second-order valence-electron chi connectivity index (χ2n) is 3.93. The number of carbonyl (C=O) groups excluding carboxylic acids is 1. The maximum absolute atomic E-state index is 10.5. The Morgan fingerprint density at radius 2 is 1.75 bits per heavy atom. The standard InChI is InChI=1S/C6H5N2.C5H9NO.BF4/c7-8-6-4-2-1-3-5-6;1-4-2-6-3-5(4)7;2-1(3,4)5/h1-5H;4,6H,2-3H2,1H3;/q+1;;-1. The molecule has 1 aromatic rings. The number of diazo groups is 1. The van der Waals surface area contributed by atoms with E-state index in [1.165, 1.54) is 0 Å². The van der Waals surface area contributed by atoms with Gasteiger partial charge in [-0.2, -0.15) is 0 Å². The van der Waals surface area contributed by atoms with E-state index in [1.54, 1.807) is 12.1 Å². The van der Waals surface area contributed by atoms with Gasteiger partial charge in [0.2, 0.25) is 5.39 Å². The van der Waals surface area contributed by atoms with Crippen LogP contribution in [-0.2, 0) is 4.79 Å². The largest absolute Gasteiger partial charge is 0.673 e. The number of nitrogens with one attached hydrogen (secondary N) is 1. The summed E-state index contributed by atoms with van der Waals surface area (Å²) >= 11 is 0. The first-order valence-corrected chi connectivity index (χ1v) is 5.75. The molecule has 0 aliphatic carbocycles. The molecular weight excluding hydrogens is 277 g/mol. The van der Waals surface area contributed by atoms with E-state index in [0.717, 1.165) is 6.54 Å². The highest BCUT2D eigenvalue weighted by atomic mass is 19.5. The van der Waals surface area contributed by atoms with Gasteiger partial charge in [-0.3, -0.25) is 4.79 Å². The van der Waals surface area contributed by atoms with Crippen LogP contribution in [0.5, 0.6) is 0 Å². The van der Waals surface area contributed by atoms with Crippen LogP contribution in [-0.4, -0.2) is 26.1 Å². The molecule has 110 valence electrons. The van der Waals surface area contributed by atoms with Crippen molar-refractivity contribution in [3.05, 3.63) is 35.3 Å². The van der Waals surface area contributed by atoms with Crippen molar-refractivity contribution in [1.29, 1.82) is 5.39 Å². The van der Waals surface area contributed by atoms with E-state index in [1.807, 2.05) is 25.1 Å². The normalized spacial score (nSPS) is 17.2. The molecule has 1 saturated heterocycles. The molecule has 1 unspecified atom stereocenters. The third-order valence-corrected chi connectivity index (χ3v) is 2.17. The number of rotatable bonds is 0. The lowest BCUT2D eigenvalue weighted by Gasteiger charge is -1.94. The predicted molar refractivity (Wildman–Crippen MR) is 68.4 cm³/mol. The zero-order valence-corrected chi connectivity index (χ0v) is 10.8. The summed E-state index contributed by atoms with van der Waals surface area (Å²) in [5, 5.41) is 11.1. The van der Waals surface area contributed by atoms with Crippen molar-refractivity contribution in [1.82, 2.24) is 5.32 Å². The SMILES string of the molecule is CC1CNCC1=O.F[B-](F)(F)F.N#[N+]c1ccccc1. The maximum Gasteiger partial charge on any atom is 0.673 e. The average Bonchev–Trinajstić information content (AvgIpc) is 2.73. The van der Waals surface area contributed by atoms with E-state index < -0.39 is 7.25 Å². The highest BCUT2D eigenvalue weighted by Gasteiger charge is 2.20.